The molecule has 0 radical (unpaired) electrons. The number of carbonyl (C=O) groups is 3. The highest BCUT2D eigenvalue weighted by Crippen LogP contribution is 2.64. The molecular weight excluding hydrogens is 300 g/mol. The van der Waals surface area contributed by atoms with Gasteiger partial charge in [-0.2, -0.15) is 0 Å². The van der Waals surface area contributed by atoms with E-state index >= 15 is 0 Å². The van der Waals surface area contributed by atoms with Gasteiger partial charge < -0.3 is 0 Å². The van der Waals surface area contributed by atoms with Crippen molar-refractivity contribution in [3.63, 3.8) is 0 Å². The minimum absolute atomic E-state index is 0.0226. The molecule has 24 heavy (non-hydrogen) atoms. The van der Waals surface area contributed by atoms with Crippen molar-refractivity contribution in [2.45, 2.75) is 52.9 Å². The number of Topliss-reactive ketones (excluding diaryl/α,β-unsaturated/α-hetero) is 2. The minimum Gasteiger partial charge on any atom is -0.300 e. The molecule has 0 aromatic rings. The summed E-state index contributed by atoms with van der Waals surface area (Å²) in [5.41, 5.74) is 0.675. The zero-order chi connectivity index (χ0) is 17.3. The van der Waals surface area contributed by atoms with Crippen LogP contribution in [0.25, 0.3) is 0 Å². The van der Waals surface area contributed by atoms with Crippen molar-refractivity contribution in [2.75, 3.05) is 0 Å². The monoisotopic (exact) mass is 326 g/mol. The molecule has 0 amide bonds. The molecule has 3 nitrogen and oxygen atoms in total. The first-order chi connectivity index (χ1) is 11.3. The van der Waals surface area contributed by atoms with Crippen molar-refractivity contribution in [1.29, 1.82) is 0 Å². The van der Waals surface area contributed by atoms with Crippen LogP contribution < -0.4 is 0 Å². The highest BCUT2D eigenvalue weighted by atomic mass is 16.1. The molecule has 3 fully saturated rings. The molecule has 4 rings (SSSR count). The van der Waals surface area contributed by atoms with E-state index in [1.165, 1.54) is 0 Å². The SMILES string of the molecule is CC(=O)[C@H]1CC[C@H]2[C@@H]3CCC4=CC(=O)C=C[C@]4(C)[C@H]3C(=O)C[C@]12C. The number of carbonyl (C=O) groups excluding carboxylic acids is 3. The first-order valence-electron chi connectivity index (χ1n) is 9.25. The Hall–Kier alpha value is -1.51. The van der Waals surface area contributed by atoms with Crippen LogP contribution in [0.5, 0.6) is 0 Å². The van der Waals surface area contributed by atoms with E-state index in [-0.39, 0.29) is 34.2 Å². The first-order valence-corrected chi connectivity index (χ1v) is 9.25. The van der Waals surface area contributed by atoms with Gasteiger partial charge >= 0.3 is 0 Å². The Morgan fingerprint density at radius 2 is 1.92 bits per heavy atom. The largest absolute Gasteiger partial charge is 0.300 e. The van der Waals surface area contributed by atoms with Crippen LogP contribution in [0.1, 0.15) is 52.9 Å². The maximum atomic E-state index is 13.2. The molecule has 128 valence electrons. The molecule has 3 heteroatoms. The number of hydrogen-bond donors (Lipinski definition) is 0. The van der Waals surface area contributed by atoms with Crippen LogP contribution in [-0.4, -0.2) is 17.3 Å². The van der Waals surface area contributed by atoms with Crippen LogP contribution in [0.15, 0.2) is 23.8 Å². The maximum Gasteiger partial charge on any atom is 0.178 e. The molecule has 0 saturated heterocycles. The van der Waals surface area contributed by atoms with Crippen molar-refractivity contribution < 1.29 is 14.4 Å². The predicted molar refractivity (Wildman–Crippen MR) is 91.2 cm³/mol. The van der Waals surface area contributed by atoms with E-state index in [0.29, 0.717) is 24.0 Å². The minimum atomic E-state index is -0.302. The summed E-state index contributed by atoms with van der Waals surface area (Å²) in [6.45, 7) is 6.00. The number of ketones is 3. The van der Waals surface area contributed by atoms with E-state index in [4.69, 9.17) is 0 Å². The second-order valence-corrected chi connectivity index (χ2v) is 8.86. The molecule has 6 atom stereocenters. The average Bonchev–Trinajstić information content (AvgIpc) is 2.84. The fourth-order valence-electron chi connectivity index (χ4n) is 6.70. The fraction of sp³-hybridized carbons (Fsp3) is 0.667. The fourth-order valence-corrected chi connectivity index (χ4v) is 6.70. The first kappa shape index (κ1) is 16.0. The van der Waals surface area contributed by atoms with E-state index in [1.54, 1.807) is 19.1 Å². The van der Waals surface area contributed by atoms with E-state index < -0.39 is 0 Å². The van der Waals surface area contributed by atoms with Crippen LogP contribution in [0.2, 0.25) is 0 Å². The number of fused-ring (bicyclic) bond motifs is 5. The standard InChI is InChI=1S/C21H26O3/c1-12(22)16-6-7-17-15-5-4-13-10-14(23)8-9-20(13,2)19(15)18(24)11-21(16,17)3/h8-10,15-17,19H,4-7,11H2,1-3H3/t15-,16+,17-,19+,20-,21+/m0/s1. The molecule has 0 bridgehead atoms. The second-order valence-electron chi connectivity index (χ2n) is 8.86. The lowest BCUT2D eigenvalue weighted by molar-refractivity contribution is -0.145. The van der Waals surface area contributed by atoms with Gasteiger partial charge in [0.25, 0.3) is 0 Å². The molecule has 0 heterocycles. The molecule has 0 spiro atoms. The van der Waals surface area contributed by atoms with Crippen molar-refractivity contribution in [3.8, 4) is 0 Å². The van der Waals surface area contributed by atoms with Gasteiger partial charge in [0.05, 0.1) is 0 Å². The summed E-state index contributed by atoms with van der Waals surface area (Å²) >= 11 is 0. The maximum absolute atomic E-state index is 13.2. The topological polar surface area (TPSA) is 51.2 Å². The normalized spacial score (nSPS) is 46.9. The van der Waals surface area contributed by atoms with Gasteiger partial charge in [-0.25, -0.2) is 0 Å². The Kier molecular flexibility index (Phi) is 3.33. The number of allylic oxidation sites excluding steroid dienone is 4. The summed E-state index contributed by atoms with van der Waals surface area (Å²) in [6.07, 6.45) is 9.77. The zero-order valence-electron chi connectivity index (χ0n) is 14.8. The molecule has 0 aliphatic heterocycles. The summed E-state index contributed by atoms with van der Waals surface area (Å²) in [4.78, 5) is 37.1. The Balaban J connectivity index is 1.75. The second kappa shape index (κ2) is 5.00. The molecule has 0 aromatic heterocycles. The summed E-state index contributed by atoms with van der Waals surface area (Å²) in [5.74, 6) is 1.42. The van der Waals surface area contributed by atoms with Crippen LogP contribution in [0, 0.1) is 34.5 Å². The molecular formula is C21H26O3. The van der Waals surface area contributed by atoms with Gasteiger partial charge in [0.2, 0.25) is 0 Å². The van der Waals surface area contributed by atoms with Crippen molar-refractivity contribution >= 4 is 17.3 Å². The van der Waals surface area contributed by atoms with E-state index in [1.807, 2.05) is 6.08 Å². The van der Waals surface area contributed by atoms with E-state index in [0.717, 1.165) is 31.3 Å². The number of rotatable bonds is 1. The molecule has 0 N–H and O–H groups in total. The lowest BCUT2D eigenvalue weighted by atomic mass is 9.47. The van der Waals surface area contributed by atoms with E-state index in [2.05, 4.69) is 13.8 Å². The van der Waals surface area contributed by atoms with Crippen LogP contribution in [-0.2, 0) is 14.4 Å². The van der Waals surface area contributed by atoms with Crippen molar-refractivity contribution in [2.24, 2.45) is 34.5 Å². The van der Waals surface area contributed by atoms with Gasteiger partial charge in [-0.1, -0.05) is 25.5 Å². The summed E-state index contributed by atoms with van der Waals surface area (Å²) in [6, 6.07) is 0. The van der Waals surface area contributed by atoms with Crippen LogP contribution in [0.3, 0.4) is 0 Å². The third-order valence-corrected chi connectivity index (χ3v) is 7.74. The molecule has 0 aromatic carbocycles. The van der Waals surface area contributed by atoms with Crippen molar-refractivity contribution in [1.82, 2.24) is 0 Å². The van der Waals surface area contributed by atoms with Gasteiger partial charge in [0.1, 0.15) is 11.6 Å². The van der Waals surface area contributed by atoms with E-state index in [9.17, 15) is 14.4 Å². The van der Waals surface area contributed by atoms with Crippen LogP contribution >= 0.6 is 0 Å². The summed E-state index contributed by atoms with van der Waals surface area (Å²) in [5, 5.41) is 0. The Morgan fingerprint density at radius 1 is 1.17 bits per heavy atom. The average molecular weight is 326 g/mol. The lowest BCUT2D eigenvalue weighted by Crippen LogP contribution is -2.54. The molecule has 4 aliphatic rings. The van der Waals surface area contributed by atoms with Gasteiger partial charge in [0, 0.05) is 23.7 Å². The summed E-state index contributed by atoms with van der Waals surface area (Å²) < 4.78 is 0. The Morgan fingerprint density at radius 3 is 2.62 bits per heavy atom. The molecule has 0 unspecified atom stereocenters. The quantitative estimate of drug-likeness (QED) is 0.738. The highest BCUT2D eigenvalue weighted by molar-refractivity contribution is 6.01. The number of hydrogen-bond acceptors (Lipinski definition) is 3. The predicted octanol–water partition coefficient (Wildman–Crippen LogP) is 3.68. The smallest absolute Gasteiger partial charge is 0.178 e. The Labute approximate surface area is 143 Å². The molecule has 3 saturated carbocycles. The lowest BCUT2D eigenvalue weighted by Gasteiger charge is -2.55. The Bertz CT molecular complexity index is 700. The zero-order valence-corrected chi connectivity index (χ0v) is 14.8. The van der Waals surface area contributed by atoms with Crippen LogP contribution in [0.4, 0.5) is 0 Å². The van der Waals surface area contributed by atoms with Gasteiger partial charge in [-0.3, -0.25) is 14.4 Å². The third kappa shape index (κ3) is 1.93. The third-order valence-electron chi connectivity index (χ3n) is 7.74. The summed E-state index contributed by atoms with van der Waals surface area (Å²) in [7, 11) is 0. The van der Waals surface area contributed by atoms with Gasteiger partial charge in [-0.05, 0) is 62.0 Å². The van der Waals surface area contributed by atoms with Crippen molar-refractivity contribution in [3.05, 3.63) is 23.8 Å². The van der Waals surface area contributed by atoms with Gasteiger partial charge in [-0.15, -0.1) is 0 Å². The van der Waals surface area contributed by atoms with Gasteiger partial charge in [0.15, 0.2) is 5.78 Å². The molecule has 4 aliphatic carbocycles. The highest BCUT2D eigenvalue weighted by Gasteiger charge is 2.62.